The number of hydrogen-bond acceptors (Lipinski definition) is 7. The first kappa shape index (κ1) is 23.9. The van der Waals surface area contributed by atoms with Crippen molar-refractivity contribution >= 4 is 23.8 Å². The van der Waals surface area contributed by atoms with Gasteiger partial charge in [0.2, 0.25) is 6.10 Å². The lowest BCUT2D eigenvalue weighted by Gasteiger charge is -2.15. The van der Waals surface area contributed by atoms with Crippen molar-refractivity contribution in [1.29, 1.82) is 0 Å². The fourth-order valence-electron chi connectivity index (χ4n) is 3.85. The SMILES string of the molecule is COCC(ONC(=O)c1cccc(NC(=O)OCC2c3ccccc3-c3ccccc32)n1)C(=O)O. The highest BCUT2D eigenvalue weighted by atomic mass is 16.7. The van der Waals surface area contributed by atoms with E-state index in [0.29, 0.717) is 0 Å². The van der Waals surface area contributed by atoms with E-state index in [9.17, 15) is 14.4 Å². The van der Waals surface area contributed by atoms with Crippen LogP contribution in [0.15, 0.2) is 66.7 Å². The molecule has 2 amide bonds. The lowest BCUT2D eigenvalue weighted by Crippen LogP contribution is -2.37. The number of hydroxylamine groups is 1. The summed E-state index contributed by atoms with van der Waals surface area (Å²) >= 11 is 0. The van der Waals surface area contributed by atoms with Gasteiger partial charge in [0.1, 0.15) is 18.1 Å². The molecule has 3 N–H and O–H groups in total. The van der Waals surface area contributed by atoms with Crippen LogP contribution in [0.4, 0.5) is 10.6 Å². The van der Waals surface area contributed by atoms with Gasteiger partial charge in [-0.15, -0.1) is 0 Å². The molecule has 2 aromatic carbocycles. The van der Waals surface area contributed by atoms with Crippen molar-refractivity contribution in [2.24, 2.45) is 0 Å². The highest BCUT2D eigenvalue weighted by Gasteiger charge is 2.29. The molecule has 0 radical (unpaired) electrons. The van der Waals surface area contributed by atoms with Gasteiger partial charge in [0, 0.05) is 13.0 Å². The van der Waals surface area contributed by atoms with Crippen LogP contribution in [0.1, 0.15) is 27.5 Å². The zero-order valence-electron chi connectivity index (χ0n) is 18.8. The number of carboxylic acids is 1. The third-order valence-electron chi connectivity index (χ3n) is 5.44. The maximum absolute atomic E-state index is 12.5. The number of pyridine rings is 1. The van der Waals surface area contributed by atoms with Crippen LogP contribution in [0.2, 0.25) is 0 Å². The molecule has 0 bridgehead atoms. The van der Waals surface area contributed by atoms with E-state index in [1.54, 1.807) is 0 Å². The summed E-state index contributed by atoms with van der Waals surface area (Å²) in [5.41, 5.74) is 6.35. The molecular weight excluding hydrogens is 454 g/mol. The van der Waals surface area contributed by atoms with Crippen LogP contribution in [0.5, 0.6) is 0 Å². The molecule has 0 saturated heterocycles. The minimum atomic E-state index is -1.38. The predicted molar refractivity (Wildman–Crippen MR) is 125 cm³/mol. The van der Waals surface area contributed by atoms with Crippen LogP contribution >= 0.6 is 0 Å². The van der Waals surface area contributed by atoms with Crippen molar-refractivity contribution in [3.05, 3.63) is 83.6 Å². The molecule has 0 aliphatic heterocycles. The Hall–Kier alpha value is -4.28. The van der Waals surface area contributed by atoms with Gasteiger partial charge in [0.15, 0.2) is 0 Å². The van der Waals surface area contributed by atoms with E-state index in [0.717, 1.165) is 22.3 Å². The smallest absolute Gasteiger partial charge is 0.412 e. The summed E-state index contributed by atoms with van der Waals surface area (Å²) in [5, 5.41) is 11.5. The average Bonchev–Trinajstić information content (AvgIpc) is 3.19. The Morgan fingerprint density at radius 1 is 0.971 bits per heavy atom. The van der Waals surface area contributed by atoms with Gasteiger partial charge < -0.3 is 14.6 Å². The molecule has 0 spiro atoms. The molecule has 1 aliphatic carbocycles. The summed E-state index contributed by atoms with van der Waals surface area (Å²) in [5.74, 6) is -2.10. The number of rotatable bonds is 9. The number of carbonyl (C=O) groups excluding carboxylic acids is 2. The van der Waals surface area contributed by atoms with Gasteiger partial charge in [-0.25, -0.2) is 20.1 Å². The first-order valence-electron chi connectivity index (χ1n) is 10.7. The number of fused-ring (bicyclic) bond motifs is 3. The summed E-state index contributed by atoms with van der Waals surface area (Å²) in [7, 11) is 1.31. The zero-order chi connectivity index (χ0) is 24.8. The van der Waals surface area contributed by atoms with Gasteiger partial charge in [-0.05, 0) is 34.4 Å². The number of aliphatic carboxylic acids is 1. The molecule has 1 unspecified atom stereocenters. The van der Waals surface area contributed by atoms with E-state index in [1.807, 2.05) is 54.0 Å². The minimum absolute atomic E-state index is 0.0848. The molecular formula is C25H23N3O7. The van der Waals surface area contributed by atoms with Crippen LogP contribution in [-0.4, -0.2) is 54.5 Å². The van der Waals surface area contributed by atoms with Gasteiger partial charge in [0.05, 0.1) is 6.61 Å². The summed E-state index contributed by atoms with van der Waals surface area (Å²) in [6.07, 6.45) is -2.11. The van der Waals surface area contributed by atoms with E-state index in [-0.39, 0.29) is 30.6 Å². The number of methoxy groups -OCH3 is 1. The van der Waals surface area contributed by atoms with E-state index < -0.39 is 24.1 Å². The van der Waals surface area contributed by atoms with E-state index in [1.165, 1.54) is 25.3 Å². The average molecular weight is 477 g/mol. The van der Waals surface area contributed by atoms with Crippen molar-refractivity contribution in [3.63, 3.8) is 0 Å². The lowest BCUT2D eigenvalue weighted by molar-refractivity contribution is -0.158. The quantitative estimate of drug-likeness (QED) is 0.400. The third kappa shape index (κ3) is 5.45. The van der Waals surface area contributed by atoms with Crippen molar-refractivity contribution in [3.8, 4) is 11.1 Å². The van der Waals surface area contributed by atoms with Crippen LogP contribution in [-0.2, 0) is 19.1 Å². The standard InChI is InChI=1S/C25H23N3O7/c1-33-14-21(24(30)31)35-28-23(29)20-11-6-12-22(26-20)27-25(32)34-13-19-17-9-4-2-7-15(17)16-8-3-5-10-18(16)19/h2-12,19,21H,13-14H2,1H3,(H,28,29)(H,30,31)(H,26,27,32). The lowest BCUT2D eigenvalue weighted by atomic mass is 9.98. The fraction of sp³-hybridized carbons (Fsp3) is 0.200. The first-order chi connectivity index (χ1) is 17.0. The number of aromatic nitrogens is 1. The van der Waals surface area contributed by atoms with Gasteiger partial charge in [-0.2, -0.15) is 0 Å². The number of anilines is 1. The Morgan fingerprint density at radius 3 is 2.26 bits per heavy atom. The molecule has 1 heterocycles. The second-order valence-corrected chi connectivity index (χ2v) is 7.69. The molecule has 0 fully saturated rings. The van der Waals surface area contributed by atoms with Crippen molar-refractivity contribution in [2.45, 2.75) is 12.0 Å². The Morgan fingerprint density at radius 2 is 1.63 bits per heavy atom. The molecule has 180 valence electrons. The fourth-order valence-corrected chi connectivity index (χ4v) is 3.85. The maximum atomic E-state index is 12.5. The van der Waals surface area contributed by atoms with Gasteiger partial charge in [0.25, 0.3) is 5.91 Å². The molecule has 1 atom stereocenters. The number of nitrogens with one attached hydrogen (secondary N) is 2. The summed E-state index contributed by atoms with van der Waals surface area (Å²) in [6.45, 7) is -0.129. The monoisotopic (exact) mass is 477 g/mol. The van der Waals surface area contributed by atoms with Crippen LogP contribution in [0, 0.1) is 0 Å². The zero-order valence-corrected chi connectivity index (χ0v) is 18.8. The molecule has 3 aromatic rings. The highest BCUT2D eigenvalue weighted by molar-refractivity contribution is 5.92. The number of carbonyl (C=O) groups is 3. The molecule has 10 heteroatoms. The number of benzene rings is 2. The largest absolute Gasteiger partial charge is 0.479 e. The van der Waals surface area contributed by atoms with Crippen LogP contribution in [0.25, 0.3) is 11.1 Å². The van der Waals surface area contributed by atoms with E-state index in [4.69, 9.17) is 19.4 Å². The number of amides is 2. The molecule has 10 nitrogen and oxygen atoms in total. The summed E-state index contributed by atoms with van der Waals surface area (Å²) < 4.78 is 10.2. The normalized spacial score (nSPS) is 12.8. The van der Waals surface area contributed by atoms with E-state index in [2.05, 4.69) is 10.3 Å². The topological polar surface area (TPSA) is 136 Å². The van der Waals surface area contributed by atoms with Crippen molar-refractivity contribution in [1.82, 2.24) is 10.5 Å². The van der Waals surface area contributed by atoms with Crippen molar-refractivity contribution < 1.29 is 33.8 Å². The summed E-state index contributed by atoms with van der Waals surface area (Å²) in [4.78, 5) is 44.7. The Bertz CT molecular complexity index is 1200. The minimum Gasteiger partial charge on any atom is -0.479 e. The number of carboxylic acid groups (broad SMARTS) is 1. The van der Waals surface area contributed by atoms with Gasteiger partial charge in [-0.1, -0.05) is 54.6 Å². The van der Waals surface area contributed by atoms with E-state index >= 15 is 0 Å². The second-order valence-electron chi connectivity index (χ2n) is 7.69. The van der Waals surface area contributed by atoms with Gasteiger partial charge in [-0.3, -0.25) is 14.9 Å². The molecule has 0 saturated carbocycles. The summed E-state index contributed by atoms with van der Waals surface area (Å²) in [6, 6.07) is 20.4. The maximum Gasteiger partial charge on any atom is 0.412 e. The number of ether oxygens (including phenoxy) is 2. The highest BCUT2D eigenvalue weighted by Crippen LogP contribution is 2.44. The number of nitrogens with zero attached hydrogens (tertiary/aromatic N) is 1. The Balaban J connectivity index is 1.36. The molecule has 35 heavy (non-hydrogen) atoms. The predicted octanol–water partition coefficient (Wildman–Crippen LogP) is 3.20. The van der Waals surface area contributed by atoms with Crippen LogP contribution < -0.4 is 10.8 Å². The Labute approximate surface area is 200 Å². The Kier molecular flexibility index (Phi) is 7.34. The second kappa shape index (κ2) is 10.8. The molecule has 1 aliphatic rings. The first-order valence-corrected chi connectivity index (χ1v) is 10.7. The van der Waals surface area contributed by atoms with Gasteiger partial charge >= 0.3 is 12.1 Å². The van der Waals surface area contributed by atoms with Crippen molar-refractivity contribution in [2.75, 3.05) is 25.6 Å². The molecule has 4 rings (SSSR count). The van der Waals surface area contributed by atoms with Crippen LogP contribution in [0.3, 0.4) is 0 Å². The number of hydrogen-bond donors (Lipinski definition) is 3. The third-order valence-corrected chi connectivity index (χ3v) is 5.44. The molecule has 1 aromatic heterocycles.